The zero-order valence-corrected chi connectivity index (χ0v) is 16.0. The van der Waals surface area contributed by atoms with Crippen molar-refractivity contribution in [1.82, 2.24) is 13.6 Å². The molecule has 5 nitrogen and oxygen atoms in total. The monoisotopic (exact) mass is 369 g/mol. The Bertz CT molecular complexity index is 881. The van der Waals surface area contributed by atoms with Crippen LogP contribution in [0.4, 0.5) is 0 Å². The summed E-state index contributed by atoms with van der Waals surface area (Å²) in [6.45, 7) is 3.79. The van der Waals surface area contributed by atoms with Crippen molar-refractivity contribution < 1.29 is 9.90 Å². The second kappa shape index (κ2) is 7.93. The highest BCUT2D eigenvalue weighted by Gasteiger charge is 2.27. The number of rotatable bonds is 6. The molecule has 3 atom stereocenters. The Kier molecular flexibility index (Phi) is 5.64. The molecule has 1 heterocycles. The summed E-state index contributed by atoms with van der Waals surface area (Å²) in [5.41, 5.74) is 3.63. The normalized spacial score (nSPS) is 14.8. The van der Waals surface area contributed by atoms with Gasteiger partial charge in [-0.15, -0.1) is 0 Å². The summed E-state index contributed by atoms with van der Waals surface area (Å²) in [7, 11) is 1.75. The summed E-state index contributed by atoms with van der Waals surface area (Å²) in [5, 5.41) is 10.6. The molecule has 1 N–H and O–H groups in total. The molecule has 3 rings (SSSR count). The molecule has 0 fully saturated rings. The molecule has 0 aliphatic carbocycles. The number of nitrogens with zero attached hydrogens (tertiary/aromatic N) is 3. The summed E-state index contributed by atoms with van der Waals surface area (Å²) < 4.78 is 8.46. The van der Waals surface area contributed by atoms with E-state index in [1.165, 1.54) is 11.7 Å². The number of amides is 1. The summed E-state index contributed by atoms with van der Waals surface area (Å²) >= 11 is 1.19. The second-order valence-corrected chi connectivity index (χ2v) is 7.27. The zero-order valence-electron chi connectivity index (χ0n) is 15.2. The van der Waals surface area contributed by atoms with E-state index in [0.29, 0.717) is 6.42 Å². The molecule has 0 aliphatic rings. The molecule has 0 bridgehead atoms. The Balaban J connectivity index is 1.66. The van der Waals surface area contributed by atoms with Crippen molar-refractivity contribution in [3.63, 3.8) is 0 Å². The first-order valence-electron chi connectivity index (χ1n) is 8.68. The molecule has 3 aromatic rings. The minimum Gasteiger partial charge on any atom is -0.386 e. The van der Waals surface area contributed by atoms with Crippen molar-refractivity contribution in [2.24, 2.45) is 5.92 Å². The van der Waals surface area contributed by atoms with Gasteiger partial charge >= 0.3 is 0 Å². The van der Waals surface area contributed by atoms with Crippen molar-refractivity contribution in [1.29, 1.82) is 0 Å². The van der Waals surface area contributed by atoms with Gasteiger partial charge in [-0.2, -0.15) is 8.75 Å². The first-order valence-corrected chi connectivity index (χ1v) is 9.41. The van der Waals surface area contributed by atoms with Gasteiger partial charge in [0.05, 0.1) is 23.9 Å². The zero-order chi connectivity index (χ0) is 18.7. The van der Waals surface area contributed by atoms with Gasteiger partial charge in [0.1, 0.15) is 11.0 Å². The number of carbonyl (C=O) groups excluding carboxylic acids is 1. The maximum absolute atomic E-state index is 12.8. The molecule has 0 unspecified atom stereocenters. The lowest BCUT2D eigenvalue weighted by Crippen LogP contribution is -2.42. The number of carbonyl (C=O) groups is 1. The first kappa shape index (κ1) is 18.5. The number of hydrogen-bond acceptors (Lipinski definition) is 5. The van der Waals surface area contributed by atoms with Gasteiger partial charge in [0, 0.05) is 13.0 Å². The van der Waals surface area contributed by atoms with Crippen molar-refractivity contribution in [2.45, 2.75) is 32.4 Å². The predicted octanol–water partition coefficient (Wildman–Crippen LogP) is 3.45. The van der Waals surface area contributed by atoms with Crippen LogP contribution in [0.15, 0.2) is 48.5 Å². The van der Waals surface area contributed by atoms with E-state index >= 15 is 0 Å². The molecule has 6 heteroatoms. The SMILES string of the molecule is C[C@H]([C@H](O)c1ccccc1)N(C)C(=O)[C@@H](C)Cc1ccc2nsnc2c1. The maximum Gasteiger partial charge on any atom is 0.225 e. The molecule has 2 aromatic carbocycles. The molecule has 1 amide bonds. The number of aromatic nitrogens is 2. The van der Waals surface area contributed by atoms with Crippen LogP contribution in [0.1, 0.15) is 31.1 Å². The highest BCUT2D eigenvalue weighted by molar-refractivity contribution is 7.00. The van der Waals surface area contributed by atoms with Crippen LogP contribution >= 0.6 is 11.7 Å². The molecule has 0 radical (unpaired) electrons. The average Bonchev–Trinajstić information content (AvgIpc) is 3.14. The Labute approximate surface area is 157 Å². The lowest BCUT2D eigenvalue weighted by atomic mass is 9.97. The quantitative estimate of drug-likeness (QED) is 0.723. The minimum atomic E-state index is -0.713. The van der Waals surface area contributed by atoms with E-state index in [1.807, 2.05) is 62.4 Å². The summed E-state index contributed by atoms with van der Waals surface area (Å²) in [6.07, 6.45) is -0.0834. The van der Waals surface area contributed by atoms with E-state index in [4.69, 9.17) is 0 Å². The van der Waals surface area contributed by atoms with Crippen LogP contribution in [0.2, 0.25) is 0 Å². The maximum atomic E-state index is 12.8. The van der Waals surface area contributed by atoms with E-state index in [9.17, 15) is 9.90 Å². The largest absolute Gasteiger partial charge is 0.386 e. The second-order valence-electron chi connectivity index (χ2n) is 6.74. The highest BCUT2D eigenvalue weighted by atomic mass is 32.1. The van der Waals surface area contributed by atoms with Crippen molar-refractivity contribution in [3.05, 3.63) is 59.7 Å². The Morgan fingerprint density at radius 1 is 1.12 bits per heavy atom. The molecular weight excluding hydrogens is 346 g/mol. The van der Waals surface area contributed by atoms with Crippen LogP contribution in [-0.4, -0.2) is 37.8 Å². The fourth-order valence-electron chi connectivity index (χ4n) is 3.08. The fourth-order valence-corrected chi connectivity index (χ4v) is 3.60. The molecule has 0 spiro atoms. The Morgan fingerprint density at radius 3 is 2.54 bits per heavy atom. The van der Waals surface area contributed by atoms with E-state index in [1.54, 1.807) is 11.9 Å². The van der Waals surface area contributed by atoms with Gasteiger partial charge in [0.15, 0.2) is 0 Å². The molecule has 1 aromatic heterocycles. The predicted molar refractivity (Wildman–Crippen MR) is 104 cm³/mol. The van der Waals surface area contributed by atoms with Gasteiger partial charge < -0.3 is 10.0 Å². The average molecular weight is 369 g/mol. The van der Waals surface area contributed by atoms with Gasteiger partial charge in [-0.1, -0.05) is 43.3 Å². The molecule has 136 valence electrons. The molecule has 0 saturated heterocycles. The van der Waals surface area contributed by atoms with Gasteiger partial charge in [-0.25, -0.2) is 0 Å². The van der Waals surface area contributed by atoms with Gasteiger partial charge in [-0.05, 0) is 36.6 Å². The highest BCUT2D eigenvalue weighted by Crippen LogP contribution is 2.22. The van der Waals surface area contributed by atoms with Crippen LogP contribution < -0.4 is 0 Å². The number of aliphatic hydroxyl groups excluding tert-OH is 1. The van der Waals surface area contributed by atoms with E-state index < -0.39 is 6.10 Å². The van der Waals surface area contributed by atoms with Gasteiger partial charge in [0.25, 0.3) is 0 Å². The Morgan fingerprint density at radius 2 is 1.81 bits per heavy atom. The number of benzene rings is 2. The standard InChI is InChI=1S/C20H23N3O2S/c1-13(11-15-9-10-17-18(12-15)22-26-21-17)20(25)23(3)14(2)19(24)16-7-5-4-6-8-16/h4-10,12-14,19,24H,11H2,1-3H3/t13-,14+,19-/m0/s1. The summed E-state index contributed by atoms with van der Waals surface area (Å²) in [4.78, 5) is 14.5. The van der Waals surface area contributed by atoms with Gasteiger partial charge in [0.2, 0.25) is 5.91 Å². The molecular formula is C20H23N3O2S. The van der Waals surface area contributed by atoms with Crippen LogP contribution in [0.5, 0.6) is 0 Å². The van der Waals surface area contributed by atoms with Crippen molar-refractivity contribution in [3.8, 4) is 0 Å². The van der Waals surface area contributed by atoms with Crippen LogP contribution in [0.25, 0.3) is 11.0 Å². The topological polar surface area (TPSA) is 66.3 Å². The summed E-state index contributed by atoms with van der Waals surface area (Å²) in [5.74, 6) is -0.168. The minimum absolute atomic E-state index is 0.0176. The molecule has 26 heavy (non-hydrogen) atoms. The molecule has 0 aliphatic heterocycles. The first-order chi connectivity index (χ1) is 12.5. The van der Waals surface area contributed by atoms with Crippen LogP contribution in [0, 0.1) is 5.92 Å². The van der Waals surface area contributed by atoms with E-state index in [2.05, 4.69) is 8.75 Å². The third-order valence-electron chi connectivity index (χ3n) is 4.84. The third kappa shape index (κ3) is 3.92. The number of hydrogen-bond donors (Lipinski definition) is 1. The fraction of sp³-hybridized carbons (Fsp3) is 0.350. The third-order valence-corrected chi connectivity index (χ3v) is 5.39. The Hall–Kier alpha value is -2.31. The smallest absolute Gasteiger partial charge is 0.225 e. The van der Waals surface area contributed by atoms with E-state index in [-0.39, 0.29) is 17.9 Å². The lowest BCUT2D eigenvalue weighted by molar-refractivity contribution is -0.137. The van der Waals surface area contributed by atoms with Gasteiger partial charge in [-0.3, -0.25) is 4.79 Å². The summed E-state index contributed by atoms with van der Waals surface area (Å²) in [6, 6.07) is 15.1. The van der Waals surface area contributed by atoms with Crippen molar-refractivity contribution in [2.75, 3.05) is 7.05 Å². The number of aliphatic hydroxyl groups is 1. The number of likely N-dealkylation sites (N-methyl/N-ethyl adjacent to an activating group) is 1. The van der Waals surface area contributed by atoms with Crippen LogP contribution in [-0.2, 0) is 11.2 Å². The van der Waals surface area contributed by atoms with E-state index in [0.717, 1.165) is 22.2 Å². The molecule has 0 saturated carbocycles. The lowest BCUT2D eigenvalue weighted by Gasteiger charge is -2.31. The van der Waals surface area contributed by atoms with Crippen LogP contribution in [0.3, 0.4) is 0 Å². The number of fused-ring (bicyclic) bond motifs is 1. The van der Waals surface area contributed by atoms with Crippen molar-refractivity contribution >= 4 is 28.7 Å².